The number of amides is 2. The molecule has 1 aliphatic heterocycles. The molecule has 0 aromatic heterocycles. The average molecular weight is 400 g/mol. The first-order chi connectivity index (χ1) is 13.6. The van der Waals surface area contributed by atoms with Crippen LogP contribution in [0.25, 0.3) is 0 Å². The van der Waals surface area contributed by atoms with Gasteiger partial charge in [-0.2, -0.15) is 5.26 Å². The molecule has 154 valence electrons. The highest BCUT2D eigenvalue weighted by molar-refractivity contribution is 6.06. The van der Waals surface area contributed by atoms with E-state index in [2.05, 4.69) is 5.32 Å². The molecular weight excluding hydrogens is 376 g/mol. The molecule has 0 saturated carbocycles. The van der Waals surface area contributed by atoms with E-state index in [0.29, 0.717) is 31.9 Å². The molecule has 2 rings (SSSR count). The smallest absolute Gasteiger partial charge is 0.410 e. The number of anilines is 1. The fourth-order valence-electron chi connectivity index (χ4n) is 2.58. The first-order valence-corrected chi connectivity index (χ1v) is 9.07. The first kappa shape index (κ1) is 21.8. The van der Waals surface area contributed by atoms with Crippen molar-refractivity contribution in [3.63, 3.8) is 0 Å². The summed E-state index contributed by atoms with van der Waals surface area (Å²) in [6.07, 6.45) is 1.08. The Bertz CT molecular complexity index is 841. The molecule has 1 fully saturated rings. The van der Waals surface area contributed by atoms with E-state index in [-0.39, 0.29) is 17.2 Å². The van der Waals surface area contributed by atoms with Gasteiger partial charge in [0.15, 0.2) is 0 Å². The van der Waals surface area contributed by atoms with Crippen LogP contribution < -0.4 is 5.32 Å². The Morgan fingerprint density at radius 2 is 1.72 bits per heavy atom. The minimum atomic E-state index is -1.06. The van der Waals surface area contributed by atoms with E-state index in [0.717, 1.165) is 0 Å². The van der Waals surface area contributed by atoms with Gasteiger partial charge in [0.2, 0.25) is 0 Å². The van der Waals surface area contributed by atoms with Gasteiger partial charge >= 0.3 is 12.1 Å². The summed E-state index contributed by atoms with van der Waals surface area (Å²) in [7, 11) is 0. The number of hydrogen-bond acceptors (Lipinski definition) is 6. The summed E-state index contributed by atoms with van der Waals surface area (Å²) in [6, 6.07) is 7.51. The molecule has 0 unspecified atom stereocenters. The Labute approximate surface area is 169 Å². The quantitative estimate of drug-likeness (QED) is 0.587. The number of piperazine rings is 1. The molecule has 2 N–H and O–H groups in total. The maximum Gasteiger partial charge on any atom is 0.410 e. The van der Waals surface area contributed by atoms with Gasteiger partial charge in [-0.15, -0.1) is 0 Å². The summed E-state index contributed by atoms with van der Waals surface area (Å²) in [5, 5.41) is 20.8. The predicted molar refractivity (Wildman–Crippen MR) is 105 cm³/mol. The maximum atomic E-state index is 12.3. The number of carbonyl (C=O) groups excluding carboxylic acids is 2. The molecule has 1 aromatic carbocycles. The zero-order chi connectivity index (χ0) is 21.6. The van der Waals surface area contributed by atoms with Crippen molar-refractivity contribution in [1.82, 2.24) is 9.80 Å². The van der Waals surface area contributed by atoms with Crippen LogP contribution in [0.15, 0.2) is 36.0 Å². The normalized spacial score (nSPS) is 14.8. The summed E-state index contributed by atoms with van der Waals surface area (Å²) in [5.74, 6) is -1.66. The van der Waals surface area contributed by atoms with Gasteiger partial charge in [0.05, 0.1) is 5.56 Å². The van der Waals surface area contributed by atoms with Crippen LogP contribution in [0.2, 0.25) is 0 Å². The van der Waals surface area contributed by atoms with E-state index in [9.17, 15) is 19.6 Å². The average Bonchev–Trinajstić information content (AvgIpc) is 2.65. The van der Waals surface area contributed by atoms with Gasteiger partial charge in [-0.3, -0.25) is 4.79 Å². The molecule has 0 atom stereocenters. The van der Waals surface area contributed by atoms with Crippen molar-refractivity contribution in [3.05, 3.63) is 41.6 Å². The number of ether oxygens (including phenoxy) is 1. The van der Waals surface area contributed by atoms with Crippen LogP contribution in [-0.2, 0) is 9.53 Å². The lowest BCUT2D eigenvalue weighted by Gasteiger charge is -2.35. The number of carboxylic acid groups (broad SMARTS) is 1. The van der Waals surface area contributed by atoms with Crippen LogP contribution >= 0.6 is 0 Å². The molecule has 0 aliphatic carbocycles. The van der Waals surface area contributed by atoms with Crippen molar-refractivity contribution in [2.75, 3.05) is 31.5 Å². The molecular formula is C20H24N4O5. The molecule has 2 amide bonds. The van der Waals surface area contributed by atoms with Crippen molar-refractivity contribution in [3.8, 4) is 6.07 Å². The highest BCUT2D eigenvalue weighted by atomic mass is 16.6. The topological polar surface area (TPSA) is 123 Å². The summed E-state index contributed by atoms with van der Waals surface area (Å²) >= 11 is 0. The van der Waals surface area contributed by atoms with Crippen LogP contribution in [0.3, 0.4) is 0 Å². The van der Waals surface area contributed by atoms with Gasteiger partial charge in [0, 0.05) is 38.1 Å². The number of carbonyl (C=O) groups is 3. The van der Waals surface area contributed by atoms with Gasteiger partial charge in [0.25, 0.3) is 5.91 Å². The molecule has 1 aromatic rings. The fraction of sp³-hybridized carbons (Fsp3) is 0.400. The molecule has 9 heteroatoms. The predicted octanol–water partition coefficient (Wildman–Crippen LogP) is 2.28. The molecule has 1 aliphatic rings. The van der Waals surface area contributed by atoms with Crippen LogP contribution in [-0.4, -0.2) is 64.7 Å². The molecule has 0 radical (unpaired) electrons. The number of nitrogens with one attached hydrogen (secondary N) is 1. The summed E-state index contributed by atoms with van der Waals surface area (Å²) in [6.45, 7) is 7.17. The lowest BCUT2D eigenvalue weighted by atomic mass is 10.2. The van der Waals surface area contributed by atoms with Crippen molar-refractivity contribution in [2.45, 2.75) is 26.4 Å². The zero-order valence-electron chi connectivity index (χ0n) is 16.6. The van der Waals surface area contributed by atoms with Crippen LogP contribution in [0, 0.1) is 11.3 Å². The number of nitrogens with zero attached hydrogens (tertiary/aromatic N) is 3. The van der Waals surface area contributed by atoms with E-state index in [1.54, 1.807) is 30.6 Å². The Hall–Kier alpha value is -3.54. The maximum absolute atomic E-state index is 12.3. The Morgan fingerprint density at radius 3 is 2.21 bits per heavy atom. The molecule has 1 saturated heterocycles. The summed E-state index contributed by atoms with van der Waals surface area (Å²) in [5.41, 5.74) is -0.168. The van der Waals surface area contributed by atoms with Gasteiger partial charge in [0.1, 0.15) is 17.2 Å². The van der Waals surface area contributed by atoms with Gasteiger partial charge in [-0.1, -0.05) is 0 Å². The third-order valence-corrected chi connectivity index (χ3v) is 4.03. The molecule has 29 heavy (non-hydrogen) atoms. The Balaban J connectivity index is 1.94. The van der Waals surface area contributed by atoms with E-state index >= 15 is 0 Å². The summed E-state index contributed by atoms with van der Waals surface area (Å²) < 4.78 is 5.34. The second-order valence-corrected chi connectivity index (χ2v) is 7.49. The first-order valence-electron chi connectivity index (χ1n) is 9.07. The number of hydrogen-bond donors (Lipinski definition) is 2. The second kappa shape index (κ2) is 9.10. The van der Waals surface area contributed by atoms with Gasteiger partial charge in [-0.25, -0.2) is 9.59 Å². The van der Waals surface area contributed by atoms with E-state index in [4.69, 9.17) is 9.84 Å². The minimum Gasteiger partial charge on any atom is -0.478 e. The van der Waals surface area contributed by atoms with E-state index in [1.807, 2.05) is 6.07 Å². The highest BCUT2D eigenvalue weighted by Crippen LogP contribution is 2.14. The zero-order valence-corrected chi connectivity index (χ0v) is 16.6. The molecule has 0 bridgehead atoms. The number of rotatable bonds is 4. The van der Waals surface area contributed by atoms with Crippen LogP contribution in [0.4, 0.5) is 10.5 Å². The van der Waals surface area contributed by atoms with Crippen molar-refractivity contribution in [2.24, 2.45) is 0 Å². The largest absolute Gasteiger partial charge is 0.478 e. The van der Waals surface area contributed by atoms with Gasteiger partial charge < -0.3 is 25.0 Å². The van der Waals surface area contributed by atoms with E-state index < -0.39 is 17.5 Å². The van der Waals surface area contributed by atoms with Crippen molar-refractivity contribution >= 4 is 23.7 Å². The van der Waals surface area contributed by atoms with Crippen LogP contribution in [0.5, 0.6) is 0 Å². The van der Waals surface area contributed by atoms with Gasteiger partial charge in [-0.05, 0) is 45.0 Å². The number of carboxylic acids is 1. The highest BCUT2D eigenvalue weighted by Gasteiger charge is 2.25. The number of nitriles is 1. The van der Waals surface area contributed by atoms with E-state index in [1.165, 1.54) is 30.5 Å². The molecule has 1 heterocycles. The summed E-state index contributed by atoms with van der Waals surface area (Å²) in [4.78, 5) is 38.7. The van der Waals surface area contributed by atoms with Crippen LogP contribution in [0.1, 0.15) is 31.1 Å². The minimum absolute atomic E-state index is 0.0852. The third kappa shape index (κ3) is 6.53. The molecule has 9 nitrogen and oxygen atoms in total. The SMILES string of the molecule is CC(C)(C)OC(=O)N1CCN(/C=C(/C#N)C(=O)Nc2ccc(C(=O)O)cc2)CC1. The second-order valence-electron chi connectivity index (χ2n) is 7.49. The third-order valence-electron chi connectivity index (χ3n) is 4.03. The van der Waals surface area contributed by atoms with Crippen molar-refractivity contribution in [1.29, 1.82) is 5.26 Å². The lowest BCUT2D eigenvalue weighted by molar-refractivity contribution is -0.112. The number of aromatic carboxylic acids is 1. The Morgan fingerprint density at radius 1 is 1.14 bits per heavy atom. The Kier molecular flexibility index (Phi) is 6.83. The standard InChI is InChI=1S/C20H24N4O5/c1-20(2,3)29-19(28)24-10-8-23(9-11-24)13-15(12-21)17(25)22-16-6-4-14(5-7-16)18(26)27/h4-7,13H,8-11H2,1-3H3,(H,22,25)(H,26,27)/b15-13-. The van der Waals surface area contributed by atoms with Crippen molar-refractivity contribution < 1.29 is 24.2 Å². The fourth-order valence-corrected chi connectivity index (χ4v) is 2.58. The monoisotopic (exact) mass is 400 g/mol. The number of benzene rings is 1. The molecule has 0 spiro atoms. The lowest BCUT2D eigenvalue weighted by Crippen LogP contribution is -2.48.